The van der Waals surface area contributed by atoms with Crippen molar-refractivity contribution in [3.05, 3.63) is 98.7 Å². The number of amides is 1. The van der Waals surface area contributed by atoms with Gasteiger partial charge in [0.25, 0.3) is 0 Å². The second-order valence-electron chi connectivity index (χ2n) is 10.2. The van der Waals surface area contributed by atoms with E-state index < -0.39 is 23.1 Å². The first-order chi connectivity index (χ1) is 20.0. The summed E-state index contributed by atoms with van der Waals surface area (Å²) in [5, 5.41) is 10.3. The number of pyridine rings is 1. The van der Waals surface area contributed by atoms with Crippen molar-refractivity contribution >= 4 is 23.4 Å². The van der Waals surface area contributed by atoms with Gasteiger partial charge in [-0.2, -0.15) is 0 Å². The van der Waals surface area contributed by atoms with Crippen LogP contribution in [0.25, 0.3) is 10.6 Å². The molecule has 10 nitrogen and oxygen atoms in total. The van der Waals surface area contributed by atoms with Crippen LogP contribution in [0.15, 0.2) is 65.6 Å². The molecule has 2 aromatic heterocycles. The molecular weight excluding hydrogens is 563 g/mol. The first-order valence-corrected chi connectivity index (χ1v) is 14.0. The van der Waals surface area contributed by atoms with E-state index in [1.807, 2.05) is 30.3 Å². The van der Waals surface area contributed by atoms with Crippen molar-refractivity contribution in [3.63, 3.8) is 0 Å². The molecule has 0 saturated heterocycles. The lowest BCUT2D eigenvalue weighted by atomic mass is 10.2. The van der Waals surface area contributed by atoms with Gasteiger partial charge in [-0.15, -0.1) is 10.2 Å². The fourth-order valence-corrected chi connectivity index (χ4v) is 4.73. The third-order valence-electron chi connectivity index (χ3n) is 5.79. The Kier molecular flexibility index (Phi) is 9.36. The Morgan fingerprint density at radius 1 is 1.02 bits per heavy atom. The summed E-state index contributed by atoms with van der Waals surface area (Å²) < 4.78 is 31.3. The summed E-state index contributed by atoms with van der Waals surface area (Å²) >= 11 is 1.15. The summed E-state index contributed by atoms with van der Waals surface area (Å²) in [6.45, 7) is 6.74. The summed E-state index contributed by atoms with van der Waals surface area (Å²) in [5.41, 5.74) is -0.145. The quantitative estimate of drug-likeness (QED) is 0.238. The van der Waals surface area contributed by atoms with E-state index in [-0.39, 0.29) is 41.0 Å². The molecule has 0 unspecified atom stereocenters. The number of benzene rings is 2. The van der Waals surface area contributed by atoms with Crippen LogP contribution in [0.3, 0.4) is 0 Å². The minimum atomic E-state index is -0.867. The highest BCUT2D eigenvalue weighted by Crippen LogP contribution is 2.28. The van der Waals surface area contributed by atoms with Gasteiger partial charge in [0, 0.05) is 19.7 Å². The number of aromatic nitrogens is 3. The van der Waals surface area contributed by atoms with Crippen LogP contribution in [0.4, 0.5) is 9.18 Å². The molecule has 0 bridgehead atoms. The normalized spacial score (nSPS) is 11.2. The summed E-state index contributed by atoms with van der Waals surface area (Å²) in [5.74, 6) is -1.54. The summed E-state index contributed by atoms with van der Waals surface area (Å²) in [6, 6.07) is 15.1. The van der Waals surface area contributed by atoms with E-state index in [2.05, 4.69) is 10.2 Å². The van der Waals surface area contributed by atoms with Crippen LogP contribution in [-0.4, -0.2) is 46.2 Å². The second kappa shape index (κ2) is 12.9. The third-order valence-corrected chi connectivity index (χ3v) is 6.74. The van der Waals surface area contributed by atoms with E-state index in [9.17, 15) is 18.8 Å². The van der Waals surface area contributed by atoms with Crippen LogP contribution in [-0.2, 0) is 22.5 Å². The third kappa shape index (κ3) is 7.38. The van der Waals surface area contributed by atoms with Gasteiger partial charge in [-0.05, 0) is 51.0 Å². The van der Waals surface area contributed by atoms with Gasteiger partial charge < -0.3 is 14.2 Å². The maximum atomic E-state index is 13.9. The maximum Gasteiger partial charge on any atom is 0.429 e. The zero-order chi connectivity index (χ0) is 30.4. The number of rotatable bonds is 9. The van der Waals surface area contributed by atoms with Gasteiger partial charge in [0.05, 0.1) is 12.2 Å². The van der Waals surface area contributed by atoms with Gasteiger partial charge in [-0.1, -0.05) is 53.8 Å². The molecule has 4 rings (SSSR count). The first-order valence-electron chi connectivity index (χ1n) is 13.1. The van der Waals surface area contributed by atoms with Crippen LogP contribution < -0.4 is 15.2 Å². The molecule has 0 aliphatic carbocycles. The van der Waals surface area contributed by atoms with Crippen LogP contribution >= 0.6 is 11.3 Å². The molecular formula is C30H31FN4O6S. The fourth-order valence-electron chi connectivity index (χ4n) is 3.84. The molecule has 0 fully saturated rings. The van der Waals surface area contributed by atoms with Crippen molar-refractivity contribution in [1.29, 1.82) is 0 Å². The molecule has 0 N–H and O–H groups in total. The predicted molar refractivity (Wildman–Crippen MR) is 156 cm³/mol. The Bertz CT molecular complexity index is 1610. The van der Waals surface area contributed by atoms with Crippen molar-refractivity contribution in [2.75, 3.05) is 18.7 Å². The average Bonchev–Trinajstić information content (AvgIpc) is 3.40. The monoisotopic (exact) mass is 594 g/mol. The Morgan fingerprint density at radius 2 is 1.71 bits per heavy atom. The molecule has 0 spiro atoms. The Labute approximate surface area is 246 Å². The van der Waals surface area contributed by atoms with Gasteiger partial charge in [0.1, 0.15) is 23.0 Å². The fraction of sp³-hybridized carbons (Fsp3) is 0.300. The van der Waals surface area contributed by atoms with Crippen LogP contribution in [0.2, 0.25) is 0 Å². The average molecular weight is 595 g/mol. The summed E-state index contributed by atoms with van der Waals surface area (Å²) in [4.78, 5) is 40.3. The van der Waals surface area contributed by atoms with Crippen LogP contribution in [0.1, 0.15) is 54.3 Å². The Morgan fingerprint density at radius 3 is 2.36 bits per heavy atom. The Balaban J connectivity index is 1.84. The molecule has 0 radical (unpaired) electrons. The summed E-state index contributed by atoms with van der Waals surface area (Å²) in [7, 11) is 1.39. The molecule has 0 atom stereocenters. The highest BCUT2D eigenvalue weighted by atomic mass is 32.1. The van der Waals surface area contributed by atoms with E-state index in [4.69, 9.17) is 14.2 Å². The number of hydrogen-bond donors (Lipinski definition) is 0. The number of carbonyl (C=O) groups excluding carboxylic acids is 2. The van der Waals surface area contributed by atoms with Crippen molar-refractivity contribution in [2.45, 2.75) is 46.3 Å². The molecule has 2 heterocycles. The zero-order valence-corrected chi connectivity index (χ0v) is 24.7. The number of ether oxygens (including phenoxy) is 3. The van der Waals surface area contributed by atoms with E-state index >= 15 is 0 Å². The largest absolute Gasteiger partial charge is 0.482 e. The number of carbonyl (C=O) groups is 2. The van der Waals surface area contributed by atoms with E-state index in [0.717, 1.165) is 27.5 Å². The topological polar surface area (TPSA) is 113 Å². The van der Waals surface area contributed by atoms with E-state index in [1.165, 1.54) is 30.1 Å². The van der Waals surface area contributed by atoms with E-state index in [0.29, 0.717) is 11.4 Å². The van der Waals surface area contributed by atoms with Gasteiger partial charge in [0.15, 0.2) is 10.7 Å². The molecule has 12 heteroatoms. The summed E-state index contributed by atoms with van der Waals surface area (Å²) in [6.07, 6.45) is 0.893. The molecule has 0 aliphatic rings. The minimum absolute atomic E-state index is 0.0200. The van der Waals surface area contributed by atoms with Gasteiger partial charge >= 0.3 is 12.1 Å². The van der Waals surface area contributed by atoms with Crippen molar-refractivity contribution < 1.29 is 28.2 Å². The highest BCUT2D eigenvalue weighted by molar-refractivity contribution is 7.14. The lowest BCUT2D eigenvalue weighted by Gasteiger charge is -2.28. The van der Waals surface area contributed by atoms with Gasteiger partial charge in [-0.3, -0.25) is 4.79 Å². The molecule has 1 amide bonds. The highest BCUT2D eigenvalue weighted by Gasteiger charge is 2.31. The van der Waals surface area contributed by atoms with Crippen LogP contribution in [0, 0.1) is 5.82 Å². The van der Waals surface area contributed by atoms with Crippen molar-refractivity contribution in [3.8, 4) is 16.3 Å². The molecule has 2 aromatic carbocycles. The number of halogens is 1. The molecule has 0 saturated carbocycles. The van der Waals surface area contributed by atoms with Crippen molar-refractivity contribution in [2.24, 2.45) is 0 Å². The zero-order valence-electron chi connectivity index (χ0n) is 23.9. The lowest BCUT2D eigenvalue weighted by molar-refractivity contribution is 0.0492. The molecule has 4 aromatic rings. The molecule has 220 valence electrons. The molecule has 42 heavy (non-hydrogen) atoms. The maximum absolute atomic E-state index is 13.9. The van der Waals surface area contributed by atoms with Crippen LogP contribution in [0.5, 0.6) is 5.75 Å². The van der Waals surface area contributed by atoms with Gasteiger partial charge in [-0.25, -0.2) is 23.7 Å². The van der Waals surface area contributed by atoms with Crippen molar-refractivity contribution in [1.82, 2.24) is 14.9 Å². The lowest BCUT2D eigenvalue weighted by Crippen LogP contribution is -2.43. The number of nitrogens with zero attached hydrogens (tertiary/aromatic N) is 4. The Hall–Kier alpha value is -4.58. The number of esters is 1. The predicted octanol–water partition coefficient (Wildman–Crippen LogP) is 5.36. The minimum Gasteiger partial charge on any atom is -0.482 e. The molecule has 0 aliphatic heterocycles. The van der Waals surface area contributed by atoms with Gasteiger partial charge in [0.2, 0.25) is 11.2 Å². The SMILES string of the molecule is CCOC(=O)c1c(OCc2ccccc2)c(=O)c(-c2nnc(Cc3ccc(F)cc3)s2)cn1N(C)C(=O)OC(C)(C)C. The van der Waals surface area contributed by atoms with E-state index in [1.54, 1.807) is 39.8 Å². The number of hydrogen-bond acceptors (Lipinski definition) is 9. The second-order valence-corrected chi connectivity index (χ2v) is 11.3. The smallest absolute Gasteiger partial charge is 0.429 e. The standard InChI is InChI=1S/C30H31FN4O6S/c1-6-39-28(37)24-26(40-18-20-10-8-7-9-11-20)25(36)22(17-35(24)34(5)29(38)41-30(2,3)4)27-33-32-23(42-27)16-19-12-14-21(31)15-13-19/h7-15,17H,6,16,18H2,1-5H3. The first kappa shape index (κ1) is 30.4.